The maximum absolute atomic E-state index is 13.2. The molecule has 5 nitrogen and oxygen atoms in total. The van der Waals surface area contributed by atoms with Gasteiger partial charge >= 0.3 is 0 Å². The largest absolute Gasteiger partial charge is 0.482 e. The molecule has 0 spiro atoms. The number of amides is 2. The second-order valence-corrected chi connectivity index (χ2v) is 9.23. The van der Waals surface area contributed by atoms with Gasteiger partial charge in [0, 0.05) is 17.6 Å². The Balaban J connectivity index is 1.71. The minimum absolute atomic E-state index is 0.137. The molecule has 0 heterocycles. The lowest BCUT2D eigenvalue weighted by molar-refractivity contribution is -0.142. The molecule has 0 aliphatic heterocycles. The molecule has 2 amide bonds. The molecule has 1 fully saturated rings. The van der Waals surface area contributed by atoms with E-state index in [1.807, 2.05) is 31.2 Å². The van der Waals surface area contributed by atoms with Crippen LogP contribution < -0.4 is 10.1 Å². The molecule has 0 aromatic heterocycles. The van der Waals surface area contributed by atoms with Crippen LogP contribution in [0.1, 0.15) is 50.2 Å². The maximum atomic E-state index is 13.2. The Kier molecular flexibility index (Phi) is 8.83. The number of nitrogens with zero attached hydrogens (tertiary/aromatic N) is 1. The number of nitrogens with one attached hydrogen (secondary N) is 1. The first kappa shape index (κ1) is 24.4. The first-order chi connectivity index (χ1) is 15.3. The van der Waals surface area contributed by atoms with Crippen molar-refractivity contribution in [2.24, 2.45) is 0 Å². The number of ether oxygens (including phenoxy) is 1. The summed E-state index contributed by atoms with van der Waals surface area (Å²) in [4.78, 5) is 27.7. The van der Waals surface area contributed by atoms with E-state index in [0.29, 0.717) is 22.3 Å². The minimum Gasteiger partial charge on any atom is -0.482 e. The van der Waals surface area contributed by atoms with Gasteiger partial charge in [-0.2, -0.15) is 0 Å². The molecule has 3 rings (SSSR count). The van der Waals surface area contributed by atoms with Crippen LogP contribution in [0.3, 0.4) is 0 Å². The topological polar surface area (TPSA) is 58.6 Å². The number of hydrogen-bond donors (Lipinski definition) is 1. The quantitative estimate of drug-likeness (QED) is 0.543. The van der Waals surface area contributed by atoms with Crippen molar-refractivity contribution in [1.82, 2.24) is 10.2 Å². The molecule has 0 saturated heterocycles. The Hall–Kier alpha value is -2.24. The smallest absolute Gasteiger partial charge is 0.261 e. The fraction of sp³-hybridized carbons (Fsp3) is 0.440. The van der Waals surface area contributed by atoms with Crippen molar-refractivity contribution in [3.05, 3.63) is 63.6 Å². The van der Waals surface area contributed by atoms with Crippen LogP contribution in [0.5, 0.6) is 5.75 Å². The van der Waals surface area contributed by atoms with Gasteiger partial charge in [-0.15, -0.1) is 0 Å². The Morgan fingerprint density at radius 1 is 1.09 bits per heavy atom. The predicted octanol–water partition coefficient (Wildman–Crippen LogP) is 5.55. The fourth-order valence-corrected chi connectivity index (χ4v) is 4.32. The van der Waals surface area contributed by atoms with Gasteiger partial charge in [-0.3, -0.25) is 9.59 Å². The Bertz CT molecular complexity index is 927. The maximum Gasteiger partial charge on any atom is 0.261 e. The summed E-state index contributed by atoms with van der Waals surface area (Å²) in [5, 5.41) is 3.95. The van der Waals surface area contributed by atoms with Gasteiger partial charge in [0.1, 0.15) is 11.8 Å². The summed E-state index contributed by atoms with van der Waals surface area (Å²) in [6.45, 7) is 3.86. The number of benzene rings is 2. The van der Waals surface area contributed by atoms with Crippen LogP contribution in [0.15, 0.2) is 42.5 Å². The van der Waals surface area contributed by atoms with Crippen LogP contribution in [0, 0.1) is 6.92 Å². The molecule has 2 aromatic carbocycles. The van der Waals surface area contributed by atoms with E-state index in [1.165, 1.54) is 6.42 Å². The lowest BCUT2D eigenvalue weighted by Gasteiger charge is -2.31. The lowest BCUT2D eigenvalue weighted by Crippen LogP contribution is -2.51. The van der Waals surface area contributed by atoms with Crippen LogP contribution in [0.2, 0.25) is 10.0 Å². The molecule has 1 atom stereocenters. The van der Waals surface area contributed by atoms with Gasteiger partial charge in [0.25, 0.3) is 5.91 Å². The summed E-state index contributed by atoms with van der Waals surface area (Å²) in [5.41, 5.74) is 2.08. The summed E-state index contributed by atoms with van der Waals surface area (Å²) in [5.74, 6) is -0.0521. The summed E-state index contributed by atoms with van der Waals surface area (Å²) < 4.78 is 5.66. The summed E-state index contributed by atoms with van der Waals surface area (Å²) >= 11 is 12.1. The van der Waals surface area contributed by atoms with Crippen LogP contribution >= 0.6 is 23.2 Å². The van der Waals surface area contributed by atoms with E-state index in [2.05, 4.69) is 5.32 Å². The number of aryl methyl sites for hydroxylation is 1. The van der Waals surface area contributed by atoms with Gasteiger partial charge in [-0.05, 0) is 50.5 Å². The Labute approximate surface area is 200 Å². The van der Waals surface area contributed by atoms with Crippen LogP contribution in [-0.2, 0) is 16.1 Å². The molecule has 1 aliphatic rings. The van der Waals surface area contributed by atoms with Crippen molar-refractivity contribution >= 4 is 35.0 Å². The second kappa shape index (κ2) is 11.6. The molecule has 1 saturated carbocycles. The van der Waals surface area contributed by atoms with Gasteiger partial charge in [-0.25, -0.2) is 0 Å². The van der Waals surface area contributed by atoms with Crippen molar-refractivity contribution in [3.8, 4) is 5.75 Å². The van der Waals surface area contributed by atoms with Gasteiger partial charge in [0.2, 0.25) is 5.91 Å². The van der Waals surface area contributed by atoms with Crippen molar-refractivity contribution in [2.45, 2.75) is 64.6 Å². The zero-order valence-corrected chi connectivity index (χ0v) is 20.1. The van der Waals surface area contributed by atoms with Gasteiger partial charge in [0.15, 0.2) is 6.61 Å². The van der Waals surface area contributed by atoms with E-state index >= 15 is 0 Å². The number of rotatable bonds is 8. The molecule has 1 unspecified atom stereocenters. The minimum atomic E-state index is -0.630. The number of carbonyl (C=O) groups is 2. The third-order valence-electron chi connectivity index (χ3n) is 5.84. The molecule has 1 aliphatic carbocycles. The molecular weight excluding hydrogens is 447 g/mol. The van der Waals surface area contributed by atoms with Crippen LogP contribution in [0.4, 0.5) is 0 Å². The summed E-state index contributed by atoms with van der Waals surface area (Å²) in [6, 6.07) is 12.3. The predicted molar refractivity (Wildman–Crippen MR) is 128 cm³/mol. The number of hydrogen-bond acceptors (Lipinski definition) is 3. The van der Waals surface area contributed by atoms with Gasteiger partial charge in [-0.1, -0.05) is 72.3 Å². The molecule has 0 bridgehead atoms. The first-order valence-electron chi connectivity index (χ1n) is 11.1. The van der Waals surface area contributed by atoms with E-state index in [-0.39, 0.29) is 24.5 Å². The van der Waals surface area contributed by atoms with E-state index in [9.17, 15) is 9.59 Å². The highest BCUT2D eigenvalue weighted by atomic mass is 35.5. The fourth-order valence-electron chi connectivity index (χ4n) is 3.86. The Morgan fingerprint density at radius 2 is 1.78 bits per heavy atom. The molecule has 2 aromatic rings. The average Bonchev–Trinajstić information content (AvgIpc) is 2.78. The van der Waals surface area contributed by atoms with Crippen LogP contribution in [-0.4, -0.2) is 35.4 Å². The van der Waals surface area contributed by atoms with E-state index in [1.54, 1.807) is 30.0 Å². The van der Waals surface area contributed by atoms with Crippen molar-refractivity contribution < 1.29 is 14.3 Å². The van der Waals surface area contributed by atoms with Crippen LogP contribution in [0.25, 0.3) is 0 Å². The average molecular weight is 477 g/mol. The molecule has 32 heavy (non-hydrogen) atoms. The summed E-state index contributed by atoms with van der Waals surface area (Å²) in [7, 11) is 0. The monoisotopic (exact) mass is 476 g/mol. The molecule has 0 radical (unpaired) electrons. The number of halogens is 2. The van der Waals surface area contributed by atoms with Crippen molar-refractivity contribution in [2.75, 3.05) is 6.61 Å². The molecular formula is C25H30Cl2N2O3. The molecule has 1 N–H and O–H groups in total. The SMILES string of the molecule is Cc1ccc(CN(C(=O)COc2ccc(Cl)cc2Cl)C(C)C(=O)NC2CCCCC2)cc1. The second-order valence-electron chi connectivity index (χ2n) is 8.39. The number of carbonyl (C=O) groups excluding carboxylic acids is 2. The van der Waals surface area contributed by atoms with Gasteiger partial charge in [0.05, 0.1) is 5.02 Å². The normalized spacial score (nSPS) is 15.1. The Morgan fingerprint density at radius 3 is 2.44 bits per heavy atom. The molecule has 172 valence electrons. The lowest BCUT2D eigenvalue weighted by atomic mass is 9.95. The zero-order chi connectivity index (χ0) is 23.1. The van der Waals surface area contributed by atoms with E-state index in [0.717, 1.165) is 36.8 Å². The van der Waals surface area contributed by atoms with Crippen molar-refractivity contribution in [3.63, 3.8) is 0 Å². The van der Waals surface area contributed by atoms with Crippen molar-refractivity contribution in [1.29, 1.82) is 0 Å². The highest BCUT2D eigenvalue weighted by molar-refractivity contribution is 6.35. The highest BCUT2D eigenvalue weighted by Gasteiger charge is 2.28. The third-order valence-corrected chi connectivity index (χ3v) is 6.37. The van der Waals surface area contributed by atoms with Gasteiger partial charge < -0.3 is 15.0 Å². The van der Waals surface area contributed by atoms with E-state index < -0.39 is 6.04 Å². The standard InChI is InChI=1S/C25H30Cl2N2O3/c1-17-8-10-19(11-9-17)15-29(18(2)25(31)28-21-6-4-3-5-7-21)24(30)16-32-23-13-12-20(26)14-22(23)27/h8-14,18,21H,3-7,15-16H2,1-2H3,(H,28,31). The zero-order valence-electron chi connectivity index (χ0n) is 18.6. The van der Waals surface area contributed by atoms with E-state index in [4.69, 9.17) is 27.9 Å². The highest BCUT2D eigenvalue weighted by Crippen LogP contribution is 2.27. The third kappa shape index (κ3) is 6.88. The first-order valence-corrected chi connectivity index (χ1v) is 11.8. The molecule has 7 heteroatoms. The summed E-state index contributed by atoms with van der Waals surface area (Å²) in [6.07, 6.45) is 5.44.